The zero-order valence-corrected chi connectivity index (χ0v) is 8.26. The second-order valence-electron chi connectivity index (χ2n) is 2.85. The Bertz CT molecular complexity index is 207. The minimum absolute atomic E-state index is 0.311. The Morgan fingerprint density at radius 1 is 1.55 bits per heavy atom. The molecular weight excluding hydrogens is 180 g/mol. The Kier molecular flexibility index (Phi) is 3.21. The molecule has 1 aliphatic heterocycles. The quantitative estimate of drug-likeness (QED) is 0.690. The molecule has 0 saturated carbocycles. The molecule has 0 aromatic rings. The first kappa shape index (κ1) is 9.35. The Balaban J connectivity index is 2.36. The van der Waals surface area contributed by atoms with E-state index in [2.05, 4.69) is 4.72 Å². The maximum atomic E-state index is 11.0. The van der Waals surface area contributed by atoms with E-state index >= 15 is 0 Å². The van der Waals surface area contributed by atoms with Crippen LogP contribution in [-0.2, 0) is 9.92 Å². The average Bonchev–Trinajstić information content (AvgIpc) is 1.85. The van der Waals surface area contributed by atoms with E-state index in [0.29, 0.717) is 6.04 Å². The van der Waals surface area contributed by atoms with Crippen molar-refractivity contribution in [2.75, 3.05) is 17.8 Å². The summed E-state index contributed by atoms with van der Waals surface area (Å²) in [5.41, 5.74) is 0. The maximum absolute atomic E-state index is 11.0. The lowest BCUT2D eigenvalue weighted by Crippen LogP contribution is -2.35. The van der Waals surface area contributed by atoms with E-state index in [1.807, 2.05) is 11.8 Å². The van der Waals surface area contributed by atoms with Crippen molar-refractivity contribution in [1.82, 2.24) is 4.72 Å². The molecular formula is C6H14N2OS2. The fourth-order valence-corrected chi connectivity index (χ4v) is 3.11. The zero-order chi connectivity index (χ0) is 8.32. The zero-order valence-electron chi connectivity index (χ0n) is 6.63. The first-order valence-corrected chi connectivity index (χ1v) is 6.79. The molecule has 0 bridgehead atoms. The average molecular weight is 194 g/mol. The molecule has 1 saturated heterocycles. The summed E-state index contributed by atoms with van der Waals surface area (Å²) in [5, 5.41) is 0. The van der Waals surface area contributed by atoms with Gasteiger partial charge in [0.1, 0.15) is 9.92 Å². The molecule has 0 aliphatic carbocycles. The second-order valence-corrected chi connectivity index (χ2v) is 6.00. The van der Waals surface area contributed by atoms with Crippen LogP contribution in [0.5, 0.6) is 0 Å². The summed E-state index contributed by atoms with van der Waals surface area (Å²) < 4.78 is 21.0. The van der Waals surface area contributed by atoms with Gasteiger partial charge in [0, 0.05) is 12.3 Å². The molecule has 0 amide bonds. The van der Waals surface area contributed by atoms with Crippen LogP contribution >= 0.6 is 11.8 Å². The summed E-state index contributed by atoms with van der Waals surface area (Å²) in [7, 11) is -2.48. The third-order valence-electron chi connectivity index (χ3n) is 1.61. The lowest BCUT2D eigenvalue weighted by Gasteiger charge is -2.22. The molecule has 5 heteroatoms. The van der Waals surface area contributed by atoms with Gasteiger partial charge in [0.05, 0.1) is 0 Å². The number of rotatable bonds is 2. The first-order chi connectivity index (χ1) is 5.08. The standard InChI is InChI=1S/C6H14N2OS2/c1-11(7,9)8-6-2-4-10-5-3-6/h6H,2-5H2,1H3,(H2,7,8,9). The molecule has 66 valence electrons. The molecule has 0 spiro atoms. The Morgan fingerprint density at radius 3 is 2.55 bits per heavy atom. The van der Waals surface area contributed by atoms with Crippen molar-refractivity contribution in [2.24, 2.45) is 0 Å². The van der Waals surface area contributed by atoms with Gasteiger partial charge in [-0.1, -0.05) is 0 Å². The summed E-state index contributed by atoms with van der Waals surface area (Å²) in [5.74, 6) is 2.26. The van der Waals surface area contributed by atoms with Crippen molar-refractivity contribution >= 4 is 21.7 Å². The van der Waals surface area contributed by atoms with E-state index in [0.717, 1.165) is 24.3 Å². The predicted molar refractivity (Wildman–Crippen MR) is 50.3 cm³/mol. The fourth-order valence-electron chi connectivity index (χ4n) is 1.13. The summed E-state index contributed by atoms with van der Waals surface area (Å²) >= 11 is 1.93. The molecule has 1 fully saturated rings. The lowest BCUT2D eigenvalue weighted by molar-refractivity contribution is 0.565. The van der Waals surface area contributed by atoms with Gasteiger partial charge in [-0.25, -0.2) is 13.7 Å². The van der Waals surface area contributed by atoms with Gasteiger partial charge < -0.3 is 0 Å². The highest BCUT2D eigenvalue weighted by Gasteiger charge is 2.15. The molecule has 0 radical (unpaired) electrons. The van der Waals surface area contributed by atoms with Crippen LogP contribution in [-0.4, -0.2) is 28.0 Å². The van der Waals surface area contributed by atoms with Crippen LogP contribution in [0.1, 0.15) is 12.8 Å². The normalized spacial score (nSPS) is 26.3. The van der Waals surface area contributed by atoms with Gasteiger partial charge >= 0.3 is 0 Å². The maximum Gasteiger partial charge on any atom is 0.102 e. The lowest BCUT2D eigenvalue weighted by atomic mass is 10.2. The fraction of sp³-hybridized carbons (Fsp3) is 1.00. The van der Waals surface area contributed by atoms with Crippen molar-refractivity contribution in [3.8, 4) is 0 Å². The van der Waals surface area contributed by atoms with E-state index in [1.165, 1.54) is 6.26 Å². The van der Waals surface area contributed by atoms with Crippen molar-refractivity contribution in [3.63, 3.8) is 0 Å². The third kappa shape index (κ3) is 3.98. The predicted octanol–water partition coefficient (Wildman–Crippen LogP) is 1.06. The minimum Gasteiger partial charge on any atom is -0.241 e. The molecule has 3 nitrogen and oxygen atoms in total. The molecule has 2 N–H and O–H groups in total. The van der Waals surface area contributed by atoms with Crippen LogP contribution in [0.25, 0.3) is 0 Å². The Morgan fingerprint density at radius 2 is 2.09 bits per heavy atom. The van der Waals surface area contributed by atoms with E-state index in [4.69, 9.17) is 4.78 Å². The molecule has 0 aromatic heterocycles. The Hall–Kier alpha value is 0.260. The van der Waals surface area contributed by atoms with Gasteiger partial charge in [-0.3, -0.25) is 0 Å². The number of thioether (sulfide) groups is 1. The van der Waals surface area contributed by atoms with E-state index in [9.17, 15) is 4.21 Å². The minimum atomic E-state index is -2.48. The summed E-state index contributed by atoms with van der Waals surface area (Å²) in [6, 6.07) is 0.311. The second kappa shape index (κ2) is 3.78. The van der Waals surface area contributed by atoms with Crippen LogP contribution in [0.15, 0.2) is 0 Å². The highest BCUT2D eigenvalue weighted by Crippen LogP contribution is 2.17. The van der Waals surface area contributed by atoms with Gasteiger partial charge in [0.15, 0.2) is 0 Å². The number of hydrogen-bond donors (Lipinski definition) is 2. The number of hydrogen-bond acceptors (Lipinski definition) is 3. The molecule has 1 heterocycles. The van der Waals surface area contributed by atoms with Crippen LogP contribution in [0.3, 0.4) is 0 Å². The van der Waals surface area contributed by atoms with Crippen molar-refractivity contribution in [1.29, 1.82) is 4.78 Å². The molecule has 1 atom stereocenters. The first-order valence-electron chi connectivity index (χ1n) is 3.67. The van der Waals surface area contributed by atoms with Crippen molar-refractivity contribution in [2.45, 2.75) is 18.9 Å². The molecule has 1 unspecified atom stereocenters. The van der Waals surface area contributed by atoms with Gasteiger partial charge in [-0.15, -0.1) is 0 Å². The molecule has 1 rings (SSSR count). The largest absolute Gasteiger partial charge is 0.241 e. The van der Waals surface area contributed by atoms with Crippen molar-refractivity contribution < 1.29 is 4.21 Å². The van der Waals surface area contributed by atoms with Gasteiger partial charge in [-0.2, -0.15) is 11.8 Å². The summed E-state index contributed by atoms with van der Waals surface area (Å²) in [6.07, 6.45) is 3.54. The van der Waals surface area contributed by atoms with E-state index < -0.39 is 9.92 Å². The smallest absolute Gasteiger partial charge is 0.102 e. The Labute approximate surface area is 72.4 Å². The summed E-state index contributed by atoms with van der Waals surface area (Å²) in [4.78, 5) is 0. The monoisotopic (exact) mass is 194 g/mol. The van der Waals surface area contributed by atoms with Crippen LogP contribution in [0.4, 0.5) is 0 Å². The highest BCUT2D eigenvalue weighted by molar-refractivity contribution is 7.99. The van der Waals surface area contributed by atoms with Crippen LogP contribution < -0.4 is 4.72 Å². The topological polar surface area (TPSA) is 53.0 Å². The van der Waals surface area contributed by atoms with Gasteiger partial charge in [0.2, 0.25) is 0 Å². The number of nitrogens with one attached hydrogen (secondary N) is 2. The summed E-state index contributed by atoms with van der Waals surface area (Å²) in [6.45, 7) is 0. The van der Waals surface area contributed by atoms with Crippen LogP contribution in [0, 0.1) is 4.78 Å². The SMILES string of the molecule is CS(=N)(=O)NC1CCSCC1. The highest BCUT2D eigenvalue weighted by atomic mass is 32.2. The van der Waals surface area contributed by atoms with Gasteiger partial charge in [0.25, 0.3) is 0 Å². The molecule has 0 aromatic carbocycles. The van der Waals surface area contributed by atoms with Crippen molar-refractivity contribution in [3.05, 3.63) is 0 Å². The molecule has 11 heavy (non-hydrogen) atoms. The van der Waals surface area contributed by atoms with Gasteiger partial charge in [-0.05, 0) is 24.3 Å². The molecule has 1 aliphatic rings. The van der Waals surface area contributed by atoms with E-state index in [-0.39, 0.29) is 0 Å². The van der Waals surface area contributed by atoms with E-state index in [1.54, 1.807) is 0 Å². The van der Waals surface area contributed by atoms with Crippen LogP contribution in [0.2, 0.25) is 0 Å². The third-order valence-corrected chi connectivity index (χ3v) is 3.44.